The van der Waals surface area contributed by atoms with Crippen LogP contribution < -0.4 is 15.1 Å². The number of rotatable bonds is 3. The Morgan fingerprint density at radius 2 is 2.20 bits per heavy atom. The van der Waals surface area contributed by atoms with Crippen molar-refractivity contribution in [3.05, 3.63) is 18.3 Å². The fourth-order valence-electron chi connectivity index (χ4n) is 2.68. The summed E-state index contributed by atoms with van der Waals surface area (Å²) in [5, 5.41) is 2.66. The molecule has 6 nitrogen and oxygen atoms in total. The molecular weight excluding hydrogens is 256 g/mol. The van der Waals surface area contributed by atoms with Crippen LogP contribution in [0.15, 0.2) is 18.3 Å². The van der Waals surface area contributed by atoms with Crippen LogP contribution in [0.25, 0.3) is 0 Å². The lowest BCUT2D eigenvalue weighted by molar-refractivity contribution is -0.125. The van der Waals surface area contributed by atoms with Gasteiger partial charge in [-0.15, -0.1) is 0 Å². The Kier molecular flexibility index (Phi) is 3.30. The molecule has 1 N–H and O–H groups in total. The van der Waals surface area contributed by atoms with Crippen molar-refractivity contribution in [2.45, 2.75) is 12.8 Å². The van der Waals surface area contributed by atoms with E-state index in [2.05, 4.69) is 15.2 Å². The molecule has 0 saturated carbocycles. The molecule has 1 aromatic rings. The summed E-state index contributed by atoms with van der Waals surface area (Å²) in [4.78, 5) is 31.3. The van der Waals surface area contributed by atoms with E-state index < -0.39 is 0 Å². The fraction of sp³-hybridized carbons (Fsp3) is 0.500. The van der Waals surface area contributed by atoms with Crippen LogP contribution in [0.2, 0.25) is 0 Å². The smallest absolute Gasteiger partial charge is 0.227 e. The Morgan fingerprint density at radius 1 is 1.40 bits per heavy atom. The van der Waals surface area contributed by atoms with E-state index in [-0.39, 0.29) is 17.7 Å². The number of nitrogens with one attached hydrogen (secondary N) is 1. The predicted molar refractivity (Wildman–Crippen MR) is 75.6 cm³/mol. The van der Waals surface area contributed by atoms with Crippen molar-refractivity contribution in [2.24, 2.45) is 5.92 Å². The van der Waals surface area contributed by atoms with Crippen molar-refractivity contribution in [1.82, 2.24) is 10.3 Å². The van der Waals surface area contributed by atoms with E-state index in [1.807, 2.05) is 12.1 Å². The van der Waals surface area contributed by atoms with Gasteiger partial charge in [0, 0.05) is 33.1 Å². The van der Waals surface area contributed by atoms with Crippen LogP contribution in [0, 0.1) is 5.92 Å². The van der Waals surface area contributed by atoms with Crippen LogP contribution in [0.3, 0.4) is 0 Å². The zero-order valence-corrected chi connectivity index (χ0v) is 11.5. The minimum absolute atomic E-state index is 0.0571. The van der Waals surface area contributed by atoms with Crippen molar-refractivity contribution in [1.29, 1.82) is 0 Å². The number of pyridine rings is 1. The van der Waals surface area contributed by atoms with Gasteiger partial charge in [0.15, 0.2) is 0 Å². The third-order valence-electron chi connectivity index (χ3n) is 3.94. The molecule has 2 aliphatic rings. The Balaban J connectivity index is 1.63. The minimum Gasteiger partial charge on any atom is -0.359 e. The zero-order valence-electron chi connectivity index (χ0n) is 11.5. The highest BCUT2D eigenvalue weighted by Gasteiger charge is 2.33. The SMILES string of the molecule is CNC(=O)C1CN(c2ccc(N3CCCC3=O)cn2)C1. The second kappa shape index (κ2) is 5.11. The van der Waals surface area contributed by atoms with Gasteiger partial charge < -0.3 is 15.1 Å². The van der Waals surface area contributed by atoms with Crippen molar-refractivity contribution in [2.75, 3.05) is 36.5 Å². The summed E-state index contributed by atoms with van der Waals surface area (Å²) in [7, 11) is 1.66. The van der Waals surface area contributed by atoms with Gasteiger partial charge in [-0.2, -0.15) is 0 Å². The molecule has 0 atom stereocenters. The third kappa shape index (κ3) is 2.21. The van der Waals surface area contributed by atoms with Gasteiger partial charge in [-0.05, 0) is 18.6 Å². The molecule has 0 spiro atoms. The van der Waals surface area contributed by atoms with Gasteiger partial charge in [0.2, 0.25) is 11.8 Å². The third-order valence-corrected chi connectivity index (χ3v) is 3.94. The number of hydrogen-bond donors (Lipinski definition) is 1. The lowest BCUT2D eigenvalue weighted by Crippen LogP contribution is -2.53. The highest BCUT2D eigenvalue weighted by molar-refractivity contribution is 5.95. The molecule has 20 heavy (non-hydrogen) atoms. The number of hydrogen-bond acceptors (Lipinski definition) is 4. The Labute approximate surface area is 117 Å². The van der Waals surface area contributed by atoms with Crippen LogP contribution in [0.5, 0.6) is 0 Å². The standard InChI is InChI=1S/C14H18N4O2/c1-15-14(20)10-8-17(9-10)12-5-4-11(7-16-12)18-6-2-3-13(18)19/h4-5,7,10H,2-3,6,8-9H2,1H3,(H,15,20). The van der Waals surface area contributed by atoms with Crippen LogP contribution >= 0.6 is 0 Å². The lowest BCUT2D eigenvalue weighted by Gasteiger charge is -2.38. The van der Waals surface area contributed by atoms with Gasteiger partial charge in [0.25, 0.3) is 0 Å². The number of aromatic nitrogens is 1. The summed E-state index contributed by atoms with van der Waals surface area (Å²) < 4.78 is 0. The van der Waals surface area contributed by atoms with Crippen molar-refractivity contribution >= 4 is 23.3 Å². The van der Waals surface area contributed by atoms with E-state index in [1.54, 1.807) is 18.1 Å². The average molecular weight is 274 g/mol. The summed E-state index contributed by atoms with van der Waals surface area (Å²) in [6.07, 6.45) is 3.29. The normalized spacial score (nSPS) is 19.1. The molecule has 0 aromatic carbocycles. The van der Waals surface area contributed by atoms with Crippen LogP contribution in [-0.2, 0) is 9.59 Å². The van der Waals surface area contributed by atoms with Gasteiger partial charge in [-0.25, -0.2) is 4.98 Å². The van der Waals surface area contributed by atoms with Crippen LogP contribution in [0.4, 0.5) is 11.5 Å². The first-order valence-corrected chi connectivity index (χ1v) is 6.92. The van der Waals surface area contributed by atoms with E-state index in [9.17, 15) is 9.59 Å². The van der Waals surface area contributed by atoms with Crippen molar-refractivity contribution in [3.63, 3.8) is 0 Å². The number of anilines is 2. The summed E-state index contributed by atoms with van der Waals surface area (Å²) in [5.41, 5.74) is 0.861. The Bertz CT molecular complexity index is 522. The highest BCUT2D eigenvalue weighted by Crippen LogP contribution is 2.26. The summed E-state index contributed by atoms with van der Waals surface area (Å²) in [5.74, 6) is 1.17. The Hall–Kier alpha value is -2.11. The van der Waals surface area contributed by atoms with Gasteiger partial charge >= 0.3 is 0 Å². The molecule has 106 valence electrons. The molecule has 0 bridgehead atoms. The van der Waals surface area contributed by atoms with Crippen LogP contribution in [-0.4, -0.2) is 43.5 Å². The molecule has 2 saturated heterocycles. The highest BCUT2D eigenvalue weighted by atomic mass is 16.2. The van der Waals surface area contributed by atoms with E-state index in [0.29, 0.717) is 19.5 Å². The van der Waals surface area contributed by atoms with Gasteiger partial charge in [-0.1, -0.05) is 0 Å². The largest absolute Gasteiger partial charge is 0.359 e. The maximum atomic E-state index is 11.7. The summed E-state index contributed by atoms with van der Waals surface area (Å²) >= 11 is 0. The maximum absolute atomic E-state index is 11.7. The first-order valence-electron chi connectivity index (χ1n) is 6.92. The quantitative estimate of drug-likeness (QED) is 0.866. The van der Waals surface area contributed by atoms with Gasteiger partial charge in [-0.3, -0.25) is 9.59 Å². The Morgan fingerprint density at radius 3 is 2.75 bits per heavy atom. The minimum atomic E-state index is 0.0571. The second-order valence-corrected chi connectivity index (χ2v) is 5.24. The summed E-state index contributed by atoms with van der Waals surface area (Å²) in [6.45, 7) is 2.19. The number of nitrogens with zero attached hydrogens (tertiary/aromatic N) is 3. The van der Waals surface area contributed by atoms with E-state index in [1.165, 1.54) is 0 Å². The monoisotopic (exact) mass is 274 g/mol. The molecular formula is C14H18N4O2. The number of carbonyl (C=O) groups excluding carboxylic acids is 2. The van der Waals surface area contributed by atoms with E-state index >= 15 is 0 Å². The number of carbonyl (C=O) groups is 2. The average Bonchev–Trinajstić information content (AvgIpc) is 2.84. The van der Waals surface area contributed by atoms with Gasteiger partial charge in [0.05, 0.1) is 17.8 Å². The van der Waals surface area contributed by atoms with Crippen molar-refractivity contribution < 1.29 is 9.59 Å². The molecule has 0 unspecified atom stereocenters. The topological polar surface area (TPSA) is 65.5 Å². The molecule has 2 amide bonds. The molecule has 3 heterocycles. The van der Waals surface area contributed by atoms with Crippen molar-refractivity contribution in [3.8, 4) is 0 Å². The number of amides is 2. The molecule has 2 fully saturated rings. The zero-order chi connectivity index (χ0) is 14.1. The molecule has 2 aliphatic heterocycles. The fourth-order valence-corrected chi connectivity index (χ4v) is 2.68. The molecule has 0 radical (unpaired) electrons. The van der Waals surface area contributed by atoms with E-state index in [4.69, 9.17) is 0 Å². The van der Waals surface area contributed by atoms with Gasteiger partial charge in [0.1, 0.15) is 5.82 Å². The molecule has 6 heteroatoms. The molecule has 3 rings (SSSR count). The predicted octanol–water partition coefficient (Wildman–Crippen LogP) is 0.391. The molecule has 1 aromatic heterocycles. The first kappa shape index (κ1) is 12.9. The maximum Gasteiger partial charge on any atom is 0.227 e. The second-order valence-electron chi connectivity index (χ2n) is 5.24. The first-order chi connectivity index (χ1) is 9.69. The lowest BCUT2D eigenvalue weighted by atomic mass is 9.99. The molecule has 0 aliphatic carbocycles. The van der Waals surface area contributed by atoms with Crippen LogP contribution in [0.1, 0.15) is 12.8 Å². The van der Waals surface area contributed by atoms with E-state index in [0.717, 1.165) is 24.5 Å². The summed E-state index contributed by atoms with van der Waals surface area (Å²) in [6, 6.07) is 3.85.